The Hall–Kier alpha value is -2.64. The molecule has 2 aliphatic carbocycles. The first kappa shape index (κ1) is 16.5. The molecule has 1 unspecified atom stereocenters. The molecule has 0 spiro atoms. The van der Waals surface area contributed by atoms with Gasteiger partial charge in [-0.25, -0.2) is 0 Å². The van der Waals surface area contributed by atoms with E-state index in [1.54, 1.807) is 0 Å². The first-order chi connectivity index (χ1) is 13.2. The lowest BCUT2D eigenvalue weighted by Crippen LogP contribution is -2.37. The second-order valence-electron chi connectivity index (χ2n) is 7.35. The molecule has 5 rings (SSSR count). The van der Waals surface area contributed by atoms with Crippen molar-refractivity contribution in [1.29, 1.82) is 0 Å². The smallest absolute Gasteiger partial charge is 0.169 e. The molecule has 0 aliphatic heterocycles. The Morgan fingerprint density at radius 3 is 2.56 bits per heavy atom. The van der Waals surface area contributed by atoms with Crippen LogP contribution >= 0.6 is 11.6 Å². The third-order valence-electron chi connectivity index (χ3n) is 5.75. The molecule has 0 heterocycles. The van der Waals surface area contributed by atoms with Crippen LogP contribution in [0.25, 0.3) is 23.3 Å². The van der Waals surface area contributed by atoms with Gasteiger partial charge in [-0.05, 0) is 64.1 Å². The number of carbonyl (C=O) groups is 1. The minimum atomic E-state index is -0.0550. The lowest BCUT2D eigenvalue weighted by molar-refractivity contribution is 0.0947. The highest BCUT2D eigenvalue weighted by Gasteiger charge is 2.22. The van der Waals surface area contributed by atoms with Crippen LogP contribution in [-0.4, -0.2) is 5.78 Å². The van der Waals surface area contributed by atoms with Crippen LogP contribution in [0.3, 0.4) is 0 Å². The maximum Gasteiger partial charge on any atom is 0.169 e. The molecule has 132 valence electrons. The first-order valence-corrected chi connectivity index (χ1v) is 9.80. The SMILES string of the molecule is O=C(c1ccccc1)C1C=c2c(ccc3c2=CCc2ccc(Cl)cc2-3)CC1. The standard InChI is InChI=1S/C25H19ClO/c26-20-11-8-17-10-12-21-22(24(17)15-20)13-9-16-6-7-19(14-23(16)21)25(27)18-4-2-1-3-5-18/h1-5,8-9,11-15,19H,6-7,10H2. The molecule has 0 N–H and O–H groups in total. The largest absolute Gasteiger partial charge is 0.294 e. The minimum Gasteiger partial charge on any atom is -0.294 e. The highest BCUT2D eigenvalue weighted by molar-refractivity contribution is 6.30. The Kier molecular flexibility index (Phi) is 3.98. The summed E-state index contributed by atoms with van der Waals surface area (Å²) in [7, 11) is 0. The predicted octanol–water partition coefficient (Wildman–Crippen LogP) is 4.57. The number of benzene rings is 3. The Labute approximate surface area is 163 Å². The van der Waals surface area contributed by atoms with E-state index in [-0.39, 0.29) is 11.7 Å². The number of aryl methyl sites for hydroxylation is 1. The number of hydrogen-bond donors (Lipinski definition) is 0. The lowest BCUT2D eigenvalue weighted by atomic mass is 9.82. The average Bonchev–Trinajstić information content (AvgIpc) is 2.73. The average molecular weight is 371 g/mol. The first-order valence-electron chi connectivity index (χ1n) is 9.43. The number of rotatable bonds is 2. The molecule has 1 atom stereocenters. The molecule has 0 aromatic heterocycles. The van der Waals surface area contributed by atoms with Crippen LogP contribution in [0.1, 0.15) is 27.9 Å². The van der Waals surface area contributed by atoms with Crippen molar-refractivity contribution in [2.45, 2.75) is 19.3 Å². The van der Waals surface area contributed by atoms with Crippen LogP contribution in [0.4, 0.5) is 0 Å². The van der Waals surface area contributed by atoms with E-state index in [0.29, 0.717) is 0 Å². The van der Waals surface area contributed by atoms with Crippen LogP contribution in [0.5, 0.6) is 0 Å². The van der Waals surface area contributed by atoms with Crippen molar-refractivity contribution >= 4 is 29.5 Å². The summed E-state index contributed by atoms with van der Waals surface area (Å²) in [5.74, 6) is 0.165. The Morgan fingerprint density at radius 1 is 0.889 bits per heavy atom. The van der Waals surface area contributed by atoms with Gasteiger partial charge in [-0.2, -0.15) is 0 Å². The maximum absolute atomic E-state index is 13.0. The van der Waals surface area contributed by atoms with Crippen molar-refractivity contribution < 1.29 is 4.79 Å². The summed E-state index contributed by atoms with van der Waals surface area (Å²) >= 11 is 6.26. The van der Waals surface area contributed by atoms with E-state index < -0.39 is 0 Å². The normalized spacial score (nSPS) is 17.0. The van der Waals surface area contributed by atoms with Crippen molar-refractivity contribution in [3.63, 3.8) is 0 Å². The van der Waals surface area contributed by atoms with Gasteiger partial charge in [0, 0.05) is 16.5 Å². The van der Waals surface area contributed by atoms with Crippen LogP contribution in [0.2, 0.25) is 5.02 Å². The van der Waals surface area contributed by atoms with Gasteiger partial charge in [-0.15, -0.1) is 0 Å². The number of halogens is 1. The van der Waals surface area contributed by atoms with Gasteiger partial charge in [0.2, 0.25) is 0 Å². The Morgan fingerprint density at radius 2 is 1.70 bits per heavy atom. The summed E-state index contributed by atoms with van der Waals surface area (Å²) in [4.78, 5) is 13.0. The van der Waals surface area contributed by atoms with Crippen molar-refractivity contribution in [1.82, 2.24) is 0 Å². The zero-order valence-electron chi connectivity index (χ0n) is 14.9. The van der Waals surface area contributed by atoms with Gasteiger partial charge in [-0.1, -0.05) is 72.3 Å². The van der Waals surface area contributed by atoms with Gasteiger partial charge in [0.1, 0.15) is 0 Å². The van der Waals surface area contributed by atoms with E-state index in [1.165, 1.54) is 32.7 Å². The second-order valence-corrected chi connectivity index (χ2v) is 7.79. The van der Waals surface area contributed by atoms with Crippen molar-refractivity contribution in [2.24, 2.45) is 5.92 Å². The van der Waals surface area contributed by atoms with Crippen molar-refractivity contribution in [3.8, 4) is 11.1 Å². The zero-order valence-corrected chi connectivity index (χ0v) is 15.7. The highest BCUT2D eigenvalue weighted by Crippen LogP contribution is 2.28. The van der Waals surface area contributed by atoms with Crippen molar-refractivity contribution in [3.05, 3.63) is 92.8 Å². The molecule has 3 aromatic carbocycles. The Balaban J connectivity index is 1.66. The van der Waals surface area contributed by atoms with Gasteiger partial charge < -0.3 is 0 Å². The van der Waals surface area contributed by atoms with Crippen LogP contribution in [0.15, 0.2) is 60.7 Å². The molecule has 0 fully saturated rings. The van der Waals surface area contributed by atoms with Gasteiger partial charge in [0.05, 0.1) is 0 Å². The predicted molar refractivity (Wildman–Crippen MR) is 111 cm³/mol. The van der Waals surface area contributed by atoms with E-state index in [2.05, 4.69) is 36.4 Å². The summed E-state index contributed by atoms with van der Waals surface area (Å²) in [5.41, 5.74) is 5.88. The maximum atomic E-state index is 13.0. The minimum absolute atomic E-state index is 0.0550. The van der Waals surface area contributed by atoms with Crippen LogP contribution in [0, 0.1) is 5.92 Å². The van der Waals surface area contributed by atoms with E-state index in [9.17, 15) is 4.79 Å². The van der Waals surface area contributed by atoms with Crippen LogP contribution < -0.4 is 10.4 Å². The molecule has 0 radical (unpaired) electrons. The Bertz CT molecular complexity index is 1170. The molecule has 1 nitrogen and oxygen atoms in total. The van der Waals surface area contributed by atoms with E-state index in [4.69, 9.17) is 11.6 Å². The molecule has 27 heavy (non-hydrogen) atoms. The van der Waals surface area contributed by atoms with E-state index in [1.807, 2.05) is 36.4 Å². The molecule has 0 bridgehead atoms. The van der Waals surface area contributed by atoms with Gasteiger partial charge in [-0.3, -0.25) is 4.79 Å². The monoisotopic (exact) mass is 370 g/mol. The third kappa shape index (κ3) is 2.83. The number of fused-ring (bicyclic) bond motifs is 5. The molecular weight excluding hydrogens is 352 g/mol. The summed E-state index contributed by atoms with van der Waals surface area (Å²) in [6, 6.07) is 20.2. The summed E-state index contributed by atoms with van der Waals surface area (Å²) in [6.45, 7) is 0. The fourth-order valence-corrected chi connectivity index (χ4v) is 4.53. The zero-order chi connectivity index (χ0) is 18.4. The molecule has 0 saturated heterocycles. The molecular formula is C25H19ClO. The quantitative estimate of drug-likeness (QED) is 0.604. The molecule has 3 aromatic rings. The molecule has 0 saturated carbocycles. The fraction of sp³-hybridized carbons (Fsp3) is 0.160. The summed E-state index contributed by atoms with van der Waals surface area (Å²) < 4.78 is 0. The highest BCUT2D eigenvalue weighted by atomic mass is 35.5. The summed E-state index contributed by atoms with van der Waals surface area (Å²) in [6.07, 6.45) is 7.22. The third-order valence-corrected chi connectivity index (χ3v) is 5.99. The summed E-state index contributed by atoms with van der Waals surface area (Å²) in [5, 5.41) is 3.26. The van der Waals surface area contributed by atoms with Crippen molar-refractivity contribution in [2.75, 3.05) is 0 Å². The topological polar surface area (TPSA) is 17.1 Å². The van der Waals surface area contributed by atoms with Gasteiger partial charge in [0.25, 0.3) is 0 Å². The fourth-order valence-electron chi connectivity index (χ4n) is 4.36. The van der Waals surface area contributed by atoms with Gasteiger partial charge >= 0.3 is 0 Å². The second kappa shape index (κ2) is 6.51. The van der Waals surface area contributed by atoms with Crippen LogP contribution in [-0.2, 0) is 12.8 Å². The number of Topliss-reactive ketones (excluding diaryl/α,β-unsaturated/α-hetero) is 1. The number of ketones is 1. The molecule has 2 heteroatoms. The van der Waals surface area contributed by atoms with E-state index in [0.717, 1.165) is 29.8 Å². The lowest BCUT2D eigenvalue weighted by Gasteiger charge is -2.21. The molecule has 2 aliphatic rings. The number of hydrogen-bond acceptors (Lipinski definition) is 1. The van der Waals surface area contributed by atoms with Gasteiger partial charge in [0.15, 0.2) is 5.78 Å². The van der Waals surface area contributed by atoms with E-state index >= 15 is 0 Å². The number of carbonyl (C=O) groups excluding carboxylic acids is 1. The molecule has 0 amide bonds.